The number of rotatable bonds is 7. The highest BCUT2D eigenvalue weighted by Crippen LogP contribution is 2.40. The van der Waals surface area contributed by atoms with E-state index in [1.165, 1.54) is 6.26 Å². The second kappa shape index (κ2) is 8.76. The summed E-state index contributed by atoms with van der Waals surface area (Å²) in [5.41, 5.74) is 2.69. The van der Waals surface area contributed by atoms with E-state index in [-0.39, 0.29) is 24.4 Å². The van der Waals surface area contributed by atoms with Gasteiger partial charge in [0.1, 0.15) is 18.1 Å². The minimum absolute atomic E-state index is 0.166. The van der Waals surface area contributed by atoms with Gasteiger partial charge in [-0.1, -0.05) is 18.2 Å². The molecule has 1 fully saturated rings. The highest BCUT2D eigenvalue weighted by Gasteiger charge is 2.38. The fourth-order valence-corrected chi connectivity index (χ4v) is 6.02. The van der Waals surface area contributed by atoms with Gasteiger partial charge < -0.3 is 9.84 Å². The Labute approximate surface area is 183 Å². The molecule has 0 spiro atoms. The van der Waals surface area contributed by atoms with Crippen LogP contribution in [0.2, 0.25) is 0 Å². The molecule has 2 atom stereocenters. The molecule has 0 unspecified atom stereocenters. The van der Waals surface area contributed by atoms with Crippen LogP contribution >= 0.6 is 0 Å². The van der Waals surface area contributed by atoms with Crippen LogP contribution in [0.25, 0.3) is 0 Å². The van der Waals surface area contributed by atoms with E-state index in [4.69, 9.17) is 4.74 Å². The Kier molecular flexibility index (Phi) is 6.23. The largest absolute Gasteiger partial charge is 0.508 e. The number of fused-ring (bicyclic) bond motifs is 1. The van der Waals surface area contributed by atoms with Gasteiger partial charge in [-0.05, 0) is 54.3 Å². The summed E-state index contributed by atoms with van der Waals surface area (Å²) >= 11 is 0. The van der Waals surface area contributed by atoms with Gasteiger partial charge in [-0.25, -0.2) is 8.42 Å². The maximum Gasteiger partial charge on any atom is 0.212 e. The first kappa shape index (κ1) is 22.0. The summed E-state index contributed by atoms with van der Waals surface area (Å²) < 4.78 is 45.2. The van der Waals surface area contributed by atoms with Crippen molar-refractivity contribution in [2.75, 3.05) is 39.2 Å². The molecule has 0 saturated carbocycles. The molecule has 0 aliphatic carbocycles. The van der Waals surface area contributed by atoms with Gasteiger partial charge in [-0.3, -0.25) is 9.29 Å². The molecule has 1 saturated heterocycles. The number of nitrogens with zero attached hydrogens (tertiary/aromatic N) is 2. The third-order valence-electron chi connectivity index (χ3n) is 6.13. The summed E-state index contributed by atoms with van der Waals surface area (Å²) in [5, 5.41) is 9.90. The molecule has 31 heavy (non-hydrogen) atoms. The Hall–Kier alpha value is -2.16. The van der Waals surface area contributed by atoms with Crippen molar-refractivity contribution in [3.63, 3.8) is 0 Å². The lowest BCUT2D eigenvalue weighted by molar-refractivity contribution is 0.0668. The number of ether oxygens (including phenoxy) is 1. The smallest absolute Gasteiger partial charge is 0.212 e. The summed E-state index contributed by atoms with van der Waals surface area (Å²) in [4.78, 5) is 2.17. The van der Waals surface area contributed by atoms with E-state index in [9.17, 15) is 17.9 Å². The van der Waals surface area contributed by atoms with Gasteiger partial charge in [0.25, 0.3) is 0 Å². The maximum atomic E-state index is 12.6. The Balaban J connectivity index is 1.52. The number of halogens is 1. The molecule has 2 heterocycles. The van der Waals surface area contributed by atoms with Gasteiger partial charge >= 0.3 is 0 Å². The van der Waals surface area contributed by atoms with E-state index in [0.29, 0.717) is 18.8 Å². The van der Waals surface area contributed by atoms with Crippen molar-refractivity contribution in [2.45, 2.75) is 25.4 Å². The number of benzene rings is 2. The van der Waals surface area contributed by atoms with Crippen LogP contribution in [-0.4, -0.2) is 67.9 Å². The molecule has 8 heteroatoms. The molecule has 0 amide bonds. The number of hydrogen-bond acceptors (Lipinski definition) is 5. The van der Waals surface area contributed by atoms with Gasteiger partial charge in [0.15, 0.2) is 0 Å². The first-order chi connectivity index (χ1) is 14.8. The van der Waals surface area contributed by atoms with Crippen molar-refractivity contribution >= 4 is 10.0 Å². The number of alkyl halides is 1. The number of sulfonamides is 1. The number of hydrogen-bond donors (Lipinski definition) is 1. The Bertz CT molecular complexity index is 1020. The minimum atomic E-state index is -3.45. The molecule has 2 aromatic rings. The zero-order valence-corrected chi connectivity index (χ0v) is 18.7. The number of phenols is 1. The van der Waals surface area contributed by atoms with Gasteiger partial charge in [-0.15, -0.1) is 0 Å². The first-order valence-electron chi connectivity index (χ1n) is 10.6. The molecular weight excluding hydrogens is 419 g/mol. The maximum absolute atomic E-state index is 12.6. The van der Waals surface area contributed by atoms with E-state index < -0.39 is 16.1 Å². The van der Waals surface area contributed by atoms with Crippen LogP contribution in [0.1, 0.15) is 29.7 Å². The number of aromatic hydroxyl groups is 1. The molecule has 1 N–H and O–H groups in total. The molecule has 6 nitrogen and oxygen atoms in total. The van der Waals surface area contributed by atoms with Crippen LogP contribution in [0.3, 0.4) is 0 Å². The van der Waals surface area contributed by atoms with Gasteiger partial charge in [0, 0.05) is 31.6 Å². The average Bonchev–Trinajstić information content (AvgIpc) is 2.68. The van der Waals surface area contributed by atoms with Crippen LogP contribution in [0.15, 0.2) is 42.5 Å². The van der Waals surface area contributed by atoms with E-state index in [1.807, 2.05) is 37.3 Å². The molecular formula is C23H29FN2O4S. The number of phenolic OH excluding ortho intramolecular Hbond substituents is 1. The SMILES string of the molecule is C[C@@H]1Cc2cc(O)ccc2[C@H](c2ccc(OCCN3CC(CF)C3)cc2)N1S(C)(=O)=O. The third-order valence-corrected chi connectivity index (χ3v) is 7.47. The quantitative estimate of drug-likeness (QED) is 0.705. The molecule has 2 aliphatic rings. The predicted octanol–water partition coefficient (Wildman–Crippen LogP) is 2.97. The molecule has 168 valence electrons. The van der Waals surface area contributed by atoms with Gasteiger partial charge in [0.2, 0.25) is 10.0 Å². The minimum Gasteiger partial charge on any atom is -0.508 e. The van der Waals surface area contributed by atoms with Gasteiger partial charge in [0.05, 0.1) is 19.0 Å². The summed E-state index contributed by atoms with van der Waals surface area (Å²) in [7, 11) is -3.45. The molecule has 4 rings (SSSR count). The normalized spacial score (nSPS) is 22.7. The highest BCUT2D eigenvalue weighted by atomic mass is 32.2. The lowest BCUT2D eigenvalue weighted by atomic mass is 9.87. The first-order valence-corrected chi connectivity index (χ1v) is 12.4. The standard InChI is InChI=1S/C23H29FN2O4S/c1-16-11-19-12-20(27)5-8-22(19)23(26(16)31(2,28)29)18-3-6-21(7-4-18)30-10-9-25-14-17(13-24)15-25/h3-8,12,16-17,23,27H,9-11,13-15H2,1-2H3/t16-,23+/m1/s1. The van der Waals surface area contributed by atoms with E-state index in [2.05, 4.69) is 4.90 Å². The Morgan fingerprint density at radius 3 is 2.52 bits per heavy atom. The monoisotopic (exact) mass is 448 g/mol. The predicted molar refractivity (Wildman–Crippen MR) is 118 cm³/mol. The molecule has 2 aliphatic heterocycles. The zero-order chi connectivity index (χ0) is 22.2. The Morgan fingerprint density at radius 1 is 1.16 bits per heavy atom. The van der Waals surface area contributed by atoms with Crippen LogP contribution in [0.5, 0.6) is 11.5 Å². The topological polar surface area (TPSA) is 70.1 Å². The van der Waals surface area contributed by atoms with Crippen molar-refractivity contribution in [1.82, 2.24) is 9.21 Å². The van der Waals surface area contributed by atoms with Crippen molar-refractivity contribution in [3.8, 4) is 11.5 Å². The lowest BCUT2D eigenvalue weighted by Gasteiger charge is -2.40. The van der Waals surface area contributed by atoms with Gasteiger partial charge in [-0.2, -0.15) is 4.31 Å². The molecule has 2 aromatic carbocycles. The van der Waals surface area contributed by atoms with Crippen molar-refractivity contribution in [2.24, 2.45) is 5.92 Å². The third kappa shape index (κ3) is 4.71. The Morgan fingerprint density at radius 2 is 1.87 bits per heavy atom. The highest BCUT2D eigenvalue weighted by molar-refractivity contribution is 7.88. The fraction of sp³-hybridized carbons (Fsp3) is 0.478. The molecule has 0 radical (unpaired) electrons. The second-order valence-electron chi connectivity index (χ2n) is 8.63. The number of likely N-dealkylation sites (tertiary alicyclic amines) is 1. The fourth-order valence-electron chi connectivity index (χ4n) is 4.68. The van der Waals surface area contributed by atoms with Crippen LogP contribution < -0.4 is 4.74 Å². The summed E-state index contributed by atoms with van der Waals surface area (Å²) in [6.07, 6.45) is 1.79. The van der Waals surface area contributed by atoms with Crippen molar-refractivity contribution in [3.05, 3.63) is 59.2 Å². The van der Waals surface area contributed by atoms with E-state index in [0.717, 1.165) is 36.3 Å². The molecule has 0 aromatic heterocycles. The molecule has 0 bridgehead atoms. The average molecular weight is 449 g/mol. The van der Waals surface area contributed by atoms with E-state index in [1.54, 1.807) is 16.4 Å². The summed E-state index contributed by atoms with van der Waals surface area (Å²) in [6, 6.07) is 12.0. The zero-order valence-electron chi connectivity index (χ0n) is 17.9. The van der Waals surface area contributed by atoms with Crippen LogP contribution in [0, 0.1) is 5.92 Å². The van der Waals surface area contributed by atoms with Crippen molar-refractivity contribution < 1.29 is 22.7 Å². The van der Waals surface area contributed by atoms with Crippen LogP contribution in [0.4, 0.5) is 4.39 Å². The lowest BCUT2D eigenvalue weighted by Crippen LogP contribution is -2.49. The second-order valence-corrected chi connectivity index (χ2v) is 10.5. The van der Waals surface area contributed by atoms with Crippen molar-refractivity contribution in [1.29, 1.82) is 0 Å². The summed E-state index contributed by atoms with van der Waals surface area (Å²) in [6.45, 7) is 4.49. The van der Waals surface area contributed by atoms with Crippen LogP contribution in [-0.2, 0) is 16.4 Å². The summed E-state index contributed by atoms with van der Waals surface area (Å²) in [5.74, 6) is 1.06. The van der Waals surface area contributed by atoms with E-state index >= 15 is 0 Å².